The number of anilines is 2. The van der Waals surface area contributed by atoms with E-state index in [1.807, 2.05) is 66.4 Å². The van der Waals surface area contributed by atoms with E-state index in [4.69, 9.17) is 0 Å². The fourth-order valence-electron chi connectivity index (χ4n) is 5.45. The van der Waals surface area contributed by atoms with Crippen molar-refractivity contribution in [3.8, 4) is 0 Å². The molecular formula is C36H35F3N4O3. The van der Waals surface area contributed by atoms with Crippen molar-refractivity contribution in [3.05, 3.63) is 130 Å². The van der Waals surface area contributed by atoms with Gasteiger partial charge in [0.05, 0.1) is 11.1 Å². The number of hydrogen-bond donors (Lipinski definition) is 1. The summed E-state index contributed by atoms with van der Waals surface area (Å²) in [5.74, 6) is -0.902. The van der Waals surface area contributed by atoms with Crippen LogP contribution >= 0.6 is 0 Å². The van der Waals surface area contributed by atoms with Crippen molar-refractivity contribution in [3.63, 3.8) is 0 Å². The van der Waals surface area contributed by atoms with E-state index < -0.39 is 17.6 Å². The van der Waals surface area contributed by atoms with Crippen molar-refractivity contribution in [1.29, 1.82) is 0 Å². The SMILES string of the molecule is Cc1ccc(C(=O)N2CCCN(c3ccc(NC(=O)c4ccc(C(F)(F)F)cc4)cc3C(=O)N(C)Cc3ccccc3)CC2)cc1. The van der Waals surface area contributed by atoms with Crippen molar-refractivity contribution < 1.29 is 27.6 Å². The van der Waals surface area contributed by atoms with Gasteiger partial charge in [0, 0.05) is 62.3 Å². The summed E-state index contributed by atoms with van der Waals surface area (Å²) in [6, 6.07) is 26.0. The molecule has 1 heterocycles. The zero-order valence-electron chi connectivity index (χ0n) is 25.7. The molecule has 4 aromatic rings. The second-order valence-electron chi connectivity index (χ2n) is 11.4. The van der Waals surface area contributed by atoms with Gasteiger partial charge in [-0.25, -0.2) is 0 Å². The van der Waals surface area contributed by atoms with Crippen LogP contribution in [0.5, 0.6) is 0 Å². The van der Waals surface area contributed by atoms with Gasteiger partial charge in [0.15, 0.2) is 0 Å². The molecule has 3 amide bonds. The highest BCUT2D eigenvalue weighted by atomic mass is 19.4. The molecule has 0 radical (unpaired) electrons. The van der Waals surface area contributed by atoms with Crippen molar-refractivity contribution >= 4 is 29.1 Å². The lowest BCUT2D eigenvalue weighted by atomic mass is 10.1. The van der Waals surface area contributed by atoms with Crippen molar-refractivity contribution in [2.24, 2.45) is 0 Å². The maximum Gasteiger partial charge on any atom is 0.416 e. The fourth-order valence-corrected chi connectivity index (χ4v) is 5.45. The lowest BCUT2D eigenvalue weighted by Crippen LogP contribution is -2.36. The normalized spacial score (nSPS) is 13.6. The summed E-state index contributed by atoms with van der Waals surface area (Å²) in [5, 5.41) is 2.72. The summed E-state index contributed by atoms with van der Waals surface area (Å²) < 4.78 is 39.0. The minimum atomic E-state index is -4.51. The number of carbonyl (C=O) groups excluding carboxylic acids is 3. The van der Waals surface area contributed by atoms with Crippen LogP contribution in [0.1, 0.15) is 54.2 Å². The largest absolute Gasteiger partial charge is 0.416 e. The van der Waals surface area contributed by atoms with Crippen LogP contribution in [0.4, 0.5) is 24.5 Å². The zero-order valence-corrected chi connectivity index (χ0v) is 25.7. The van der Waals surface area contributed by atoms with Crippen LogP contribution in [0.15, 0.2) is 97.1 Å². The highest BCUT2D eigenvalue weighted by Crippen LogP contribution is 2.30. The smallest absolute Gasteiger partial charge is 0.369 e. The number of nitrogens with zero attached hydrogens (tertiary/aromatic N) is 3. The molecule has 1 aliphatic heterocycles. The fraction of sp³-hybridized carbons (Fsp3) is 0.250. The van der Waals surface area contributed by atoms with Gasteiger partial charge >= 0.3 is 6.18 Å². The Morgan fingerprint density at radius 3 is 2.15 bits per heavy atom. The maximum atomic E-state index is 13.9. The molecule has 0 bridgehead atoms. The summed E-state index contributed by atoms with van der Waals surface area (Å²) in [7, 11) is 1.71. The first-order chi connectivity index (χ1) is 22.0. The quantitative estimate of drug-likeness (QED) is 0.242. The Bertz CT molecular complexity index is 1690. The van der Waals surface area contributed by atoms with E-state index in [0.29, 0.717) is 61.6 Å². The van der Waals surface area contributed by atoms with Gasteiger partial charge in [0.1, 0.15) is 0 Å². The Kier molecular flexibility index (Phi) is 9.75. The number of rotatable bonds is 7. The van der Waals surface area contributed by atoms with E-state index in [9.17, 15) is 27.6 Å². The Hall–Kier alpha value is -5.12. The molecule has 0 spiro atoms. The van der Waals surface area contributed by atoms with Crippen LogP contribution in [0.2, 0.25) is 0 Å². The summed E-state index contributed by atoms with van der Waals surface area (Å²) >= 11 is 0. The number of alkyl halides is 3. The van der Waals surface area contributed by atoms with Gasteiger partial charge in [-0.2, -0.15) is 13.2 Å². The average Bonchev–Trinajstić information content (AvgIpc) is 3.31. The summed E-state index contributed by atoms with van der Waals surface area (Å²) in [6.45, 7) is 4.48. The molecule has 7 nitrogen and oxygen atoms in total. The molecule has 0 saturated carbocycles. The van der Waals surface area contributed by atoms with Crippen molar-refractivity contribution in [2.45, 2.75) is 26.1 Å². The van der Waals surface area contributed by atoms with E-state index in [2.05, 4.69) is 10.2 Å². The second kappa shape index (κ2) is 13.9. The van der Waals surface area contributed by atoms with Crippen LogP contribution in [0.25, 0.3) is 0 Å². The zero-order chi connectivity index (χ0) is 32.8. The lowest BCUT2D eigenvalue weighted by Gasteiger charge is -2.28. The Labute approximate surface area is 266 Å². The van der Waals surface area contributed by atoms with E-state index >= 15 is 0 Å². The van der Waals surface area contributed by atoms with E-state index in [1.165, 1.54) is 0 Å². The highest BCUT2D eigenvalue weighted by Gasteiger charge is 2.30. The van der Waals surface area contributed by atoms with Gasteiger partial charge < -0.3 is 20.0 Å². The Morgan fingerprint density at radius 1 is 0.804 bits per heavy atom. The minimum absolute atomic E-state index is 0.0397. The molecule has 5 rings (SSSR count). The first kappa shape index (κ1) is 32.3. The molecule has 0 unspecified atom stereocenters. The second-order valence-corrected chi connectivity index (χ2v) is 11.4. The first-order valence-corrected chi connectivity index (χ1v) is 15.0. The number of nitrogens with one attached hydrogen (secondary N) is 1. The topological polar surface area (TPSA) is 73.0 Å². The van der Waals surface area contributed by atoms with Gasteiger partial charge in [-0.3, -0.25) is 14.4 Å². The predicted molar refractivity (Wildman–Crippen MR) is 172 cm³/mol. The molecule has 0 atom stereocenters. The molecule has 1 fully saturated rings. The van der Waals surface area contributed by atoms with Gasteiger partial charge in [-0.05, 0) is 73.5 Å². The summed E-state index contributed by atoms with van der Waals surface area (Å²) in [6.07, 6.45) is -3.82. The molecule has 1 N–H and O–H groups in total. The number of amides is 3. The molecule has 0 aliphatic carbocycles. The van der Waals surface area contributed by atoms with E-state index in [0.717, 1.165) is 35.4 Å². The molecule has 4 aromatic carbocycles. The van der Waals surface area contributed by atoms with E-state index in [1.54, 1.807) is 30.1 Å². The molecule has 10 heteroatoms. The van der Waals surface area contributed by atoms with Crippen LogP contribution in [0, 0.1) is 6.92 Å². The number of hydrogen-bond acceptors (Lipinski definition) is 4. The first-order valence-electron chi connectivity index (χ1n) is 15.0. The number of benzene rings is 4. The Balaban J connectivity index is 1.39. The lowest BCUT2D eigenvalue weighted by molar-refractivity contribution is -0.137. The summed E-state index contributed by atoms with van der Waals surface area (Å²) in [4.78, 5) is 45.6. The number of carbonyl (C=O) groups is 3. The molecular weight excluding hydrogens is 593 g/mol. The summed E-state index contributed by atoms with van der Waals surface area (Å²) in [5.41, 5.74) is 3.22. The minimum Gasteiger partial charge on any atom is -0.369 e. The molecule has 1 saturated heterocycles. The average molecular weight is 629 g/mol. The molecule has 238 valence electrons. The molecule has 1 aliphatic rings. The van der Waals surface area contributed by atoms with Crippen LogP contribution in [-0.4, -0.2) is 60.7 Å². The maximum absolute atomic E-state index is 13.9. The number of aryl methyl sites for hydroxylation is 1. The highest BCUT2D eigenvalue weighted by molar-refractivity contribution is 6.06. The van der Waals surface area contributed by atoms with Crippen LogP contribution < -0.4 is 10.2 Å². The number of halogens is 3. The van der Waals surface area contributed by atoms with Crippen LogP contribution in [0.3, 0.4) is 0 Å². The third-order valence-corrected chi connectivity index (χ3v) is 7.99. The van der Waals surface area contributed by atoms with Crippen molar-refractivity contribution in [2.75, 3.05) is 43.4 Å². The van der Waals surface area contributed by atoms with Gasteiger partial charge in [0.25, 0.3) is 17.7 Å². The van der Waals surface area contributed by atoms with E-state index in [-0.39, 0.29) is 17.4 Å². The van der Waals surface area contributed by atoms with Crippen LogP contribution in [-0.2, 0) is 12.7 Å². The monoisotopic (exact) mass is 628 g/mol. The predicted octanol–water partition coefficient (Wildman–Crippen LogP) is 6.89. The Morgan fingerprint density at radius 2 is 1.48 bits per heavy atom. The van der Waals surface area contributed by atoms with Gasteiger partial charge in [-0.1, -0.05) is 48.0 Å². The third-order valence-electron chi connectivity index (χ3n) is 7.99. The van der Waals surface area contributed by atoms with Crippen molar-refractivity contribution in [1.82, 2.24) is 9.80 Å². The molecule has 46 heavy (non-hydrogen) atoms. The molecule has 0 aromatic heterocycles. The van der Waals surface area contributed by atoms with Gasteiger partial charge in [-0.15, -0.1) is 0 Å². The standard InChI is InChI=1S/C36H35F3N4O3/c1-25-9-11-28(12-10-25)34(45)43-20-6-19-42(21-22-43)32-18-17-30(40-33(44)27-13-15-29(16-14-27)36(37,38)39)23-31(32)35(46)41(2)24-26-7-4-3-5-8-26/h3-5,7-18,23H,6,19-22,24H2,1-2H3,(H,40,44). The van der Waals surface area contributed by atoms with Gasteiger partial charge in [0.2, 0.25) is 0 Å². The third kappa shape index (κ3) is 7.74.